The molecule has 0 fully saturated rings. The van der Waals surface area contributed by atoms with Gasteiger partial charge in [0.05, 0.1) is 13.7 Å². The number of hydrogen-bond donors (Lipinski definition) is 2. The van der Waals surface area contributed by atoms with Crippen LogP contribution in [-0.4, -0.2) is 52.7 Å². The Labute approximate surface area is 238 Å². The molecule has 3 aromatic carbocycles. The zero-order valence-corrected chi connectivity index (χ0v) is 23.6. The topological polar surface area (TPSA) is 133 Å². The van der Waals surface area contributed by atoms with E-state index in [-0.39, 0.29) is 18.8 Å². The summed E-state index contributed by atoms with van der Waals surface area (Å²) in [6.07, 6.45) is -0.486. The lowest BCUT2D eigenvalue weighted by atomic mass is 10.0. The van der Waals surface area contributed by atoms with Gasteiger partial charge in [-0.2, -0.15) is 4.98 Å². The number of aromatic hydroxyl groups is 1. The van der Waals surface area contributed by atoms with Crippen LogP contribution in [-0.2, 0) is 20.7 Å². The fourth-order valence-electron chi connectivity index (χ4n) is 4.08. The van der Waals surface area contributed by atoms with Crippen LogP contribution in [0.1, 0.15) is 33.3 Å². The second-order valence-corrected chi connectivity index (χ2v) is 10.2. The maximum Gasteiger partial charge on any atom is 0.408 e. The van der Waals surface area contributed by atoms with Crippen LogP contribution >= 0.6 is 0 Å². The lowest BCUT2D eigenvalue weighted by Gasteiger charge is -2.23. The van der Waals surface area contributed by atoms with Gasteiger partial charge in [0.25, 0.3) is 5.89 Å². The maximum absolute atomic E-state index is 12.5. The first kappa shape index (κ1) is 29.1. The van der Waals surface area contributed by atoms with Crippen LogP contribution in [0.2, 0.25) is 0 Å². The number of methoxy groups -OCH3 is 1. The van der Waals surface area contributed by atoms with Gasteiger partial charge in [-0.1, -0.05) is 41.6 Å². The zero-order valence-electron chi connectivity index (χ0n) is 23.6. The van der Waals surface area contributed by atoms with Crippen LogP contribution in [0.25, 0.3) is 34.0 Å². The minimum absolute atomic E-state index is 0.173. The van der Waals surface area contributed by atoms with E-state index in [0.717, 1.165) is 16.7 Å². The minimum atomic E-state index is -0.912. The number of phenolic OH excluding ortho intramolecular Hbond substituents is 1. The molecule has 0 radical (unpaired) electrons. The molecule has 214 valence electrons. The van der Waals surface area contributed by atoms with Gasteiger partial charge >= 0.3 is 12.1 Å². The van der Waals surface area contributed by atoms with Gasteiger partial charge in [-0.05, 0) is 69.2 Å². The normalized spacial score (nSPS) is 11.9. The first-order chi connectivity index (χ1) is 19.6. The van der Waals surface area contributed by atoms with E-state index < -0.39 is 23.7 Å². The van der Waals surface area contributed by atoms with E-state index in [2.05, 4.69) is 15.5 Å². The van der Waals surface area contributed by atoms with E-state index in [4.69, 9.17) is 18.7 Å². The number of esters is 1. The zero-order chi connectivity index (χ0) is 29.6. The number of carbonyl (C=O) groups excluding carboxylic acids is 2. The summed E-state index contributed by atoms with van der Waals surface area (Å²) < 4.78 is 21.5. The number of ether oxygens (including phenoxy) is 3. The van der Waals surface area contributed by atoms with Gasteiger partial charge in [-0.3, -0.25) is 0 Å². The molecule has 0 aliphatic rings. The van der Waals surface area contributed by atoms with Gasteiger partial charge < -0.3 is 29.2 Å². The molecule has 1 atom stereocenters. The fraction of sp³-hybridized carbons (Fsp3) is 0.290. The van der Waals surface area contributed by atoms with Crippen molar-refractivity contribution in [2.24, 2.45) is 0 Å². The summed E-state index contributed by atoms with van der Waals surface area (Å²) in [5, 5.41) is 16.4. The van der Waals surface area contributed by atoms with Crippen molar-refractivity contribution >= 4 is 12.1 Å². The number of nitrogens with one attached hydrogen (secondary N) is 1. The standard InChI is InChI=1S/C31H33N3O7/c1-6-39-29(36)25(32-30(37)40-31(2,3)4)17-19-7-9-21(10-8-19)27-33-28(41-34-27)22-13-16-26(38-5)24(18-22)20-11-14-23(35)15-12-20/h7-16,18,25,35H,6,17H2,1-5H3,(H,32,37)/t25-/m0/s1. The molecule has 4 aromatic rings. The van der Waals surface area contributed by atoms with Gasteiger partial charge in [0, 0.05) is 23.1 Å². The Morgan fingerprint density at radius 2 is 1.63 bits per heavy atom. The SMILES string of the molecule is CCOC(=O)[C@H](Cc1ccc(-c2noc(-c3ccc(OC)c(-c4ccc(O)cc4)c3)n2)cc1)NC(=O)OC(C)(C)C. The Kier molecular flexibility index (Phi) is 8.91. The van der Waals surface area contributed by atoms with Crippen molar-refractivity contribution in [2.45, 2.75) is 45.8 Å². The molecule has 2 N–H and O–H groups in total. The van der Waals surface area contributed by atoms with Crippen LogP contribution in [0.5, 0.6) is 11.5 Å². The monoisotopic (exact) mass is 559 g/mol. The van der Waals surface area contributed by atoms with Crippen LogP contribution in [0.15, 0.2) is 71.3 Å². The van der Waals surface area contributed by atoms with Crippen molar-refractivity contribution in [3.63, 3.8) is 0 Å². The number of aromatic nitrogens is 2. The van der Waals surface area contributed by atoms with Gasteiger partial charge in [0.15, 0.2) is 0 Å². The number of amides is 1. The highest BCUT2D eigenvalue weighted by atomic mass is 16.6. The smallest absolute Gasteiger partial charge is 0.408 e. The molecule has 0 aliphatic heterocycles. The fourth-order valence-corrected chi connectivity index (χ4v) is 4.08. The largest absolute Gasteiger partial charge is 0.508 e. The number of benzene rings is 3. The Balaban J connectivity index is 1.51. The van der Waals surface area contributed by atoms with E-state index in [1.807, 2.05) is 42.5 Å². The molecule has 1 aromatic heterocycles. The summed E-state index contributed by atoms with van der Waals surface area (Å²) in [6, 6.07) is 18.7. The minimum Gasteiger partial charge on any atom is -0.508 e. The molecule has 41 heavy (non-hydrogen) atoms. The van der Waals surface area contributed by atoms with Crippen molar-refractivity contribution in [1.29, 1.82) is 0 Å². The number of phenols is 1. The number of hydrogen-bond acceptors (Lipinski definition) is 9. The van der Waals surface area contributed by atoms with Crippen LogP contribution in [0.4, 0.5) is 4.79 Å². The molecule has 0 unspecified atom stereocenters. The molecule has 10 heteroatoms. The first-order valence-electron chi connectivity index (χ1n) is 13.1. The van der Waals surface area contributed by atoms with Crippen molar-refractivity contribution < 1.29 is 33.4 Å². The first-order valence-corrected chi connectivity index (χ1v) is 13.1. The summed E-state index contributed by atoms with van der Waals surface area (Å²) in [4.78, 5) is 29.4. The molecule has 0 bridgehead atoms. The highest BCUT2D eigenvalue weighted by molar-refractivity contribution is 5.82. The average molecular weight is 560 g/mol. The molecule has 4 rings (SSSR count). The maximum atomic E-state index is 12.5. The highest BCUT2D eigenvalue weighted by Gasteiger charge is 2.26. The third-order valence-electron chi connectivity index (χ3n) is 5.96. The van der Waals surface area contributed by atoms with Crippen molar-refractivity contribution in [3.05, 3.63) is 72.3 Å². The quantitative estimate of drug-likeness (QED) is 0.245. The molecule has 0 saturated carbocycles. The van der Waals surface area contributed by atoms with E-state index in [1.54, 1.807) is 59.1 Å². The van der Waals surface area contributed by atoms with Gasteiger partial charge in [-0.25, -0.2) is 9.59 Å². The molecule has 10 nitrogen and oxygen atoms in total. The number of rotatable bonds is 9. The van der Waals surface area contributed by atoms with E-state index in [0.29, 0.717) is 28.6 Å². The van der Waals surface area contributed by atoms with E-state index in [1.165, 1.54) is 0 Å². The average Bonchev–Trinajstić information content (AvgIpc) is 3.43. The molecule has 1 heterocycles. The molecule has 0 spiro atoms. The molecule has 0 saturated heterocycles. The van der Waals surface area contributed by atoms with Gasteiger partial charge in [-0.15, -0.1) is 0 Å². The molecular formula is C31H33N3O7. The number of carbonyl (C=O) groups is 2. The van der Waals surface area contributed by atoms with Crippen molar-refractivity contribution in [3.8, 4) is 45.5 Å². The van der Waals surface area contributed by atoms with Crippen molar-refractivity contribution in [1.82, 2.24) is 15.5 Å². The third kappa shape index (κ3) is 7.63. The van der Waals surface area contributed by atoms with Gasteiger partial charge in [0.2, 0.25) is 5.82 Å². The lowest BCUT2D eigenvalue weighted by molar-refractivity contribution is -0.145. The van der Waals surface area contributed by atoms with E-state index in [9.17, 15) is 14.7 Å². The summed E-state index contributed by atoms with van der Waals surface area (Å²) in [5.41, 5.74) is 3.18. The summed E-state index contributed by atoms with van der Waals surface area (Å²) in [7, 11) is 1.59. The summed E-state index contributed by atoms with van der Waals surface area (Å²) in [6.45, 7) is 7.14. The third-order valence-corrected chi connectivity index (χ3v) is 5.96. The van der Waals surface area contributed by atoms with Gasteiger partial charge in [0.1, 0.15) is 23.1 Å². The predicted molar refractivity (Wildman–Crippen MR) is 152 cm³/mol. The lowest BCUT2D eigenvalue weighted by Crippen LogP contribution is -2.45. The second kappa shape index (κ2) is 12.5. The summed E-state index contributed by atoms with van der Waals surface area (Å²) >= 11 is 0. The Morgan fingerprint density at radius 1 is 0.976 bits per heavy atom. The predicted octanol–water partition coefficient (Wildman–Crippen LogP) is 5.78. The summed E-state index contributed by atoms with van der Waals surface area (Å²) in [5.74, 6) is 1.01. The van der Waals surface area contributed by atoms with Crippen LogP contribution in [0.3, 0.4) is 0 Å². The van der Waals surface area contributed by atoms with Crippen molar-refractivity contribution in [2.75, 3.05) is 13.7 Å². The van der Waals surface area contributed by atoms with E-state index >= 15 is 0 Å². The molecule has 0 aliphatic carbocycles. The Bertz CT molecular complexity index is 1490. The molecular weight excluding hydrogens is 526 g/mol. The Morgan fingerprint density at radius 3 is 2.27 bits per heavy atom. The second-order valence-electron chi connectivity index (χ2n) is 10.2. The number of nitrogens with zero attached hydrogens (tertiary/aromatic N) is 2. The molecule has 1 amide bonds. The number of alkyl carbamates (subject to hydrolysis) is 1. The van der Waals surface area contributed by atoms with Crippen LogP contribution in [0, 0.1) is 0 Å². The van der Waals surface area contributed by atoms with Crippen LogP contribution < -0.4 is 10.1 Å². The highest BCUT2D eigenvalue weighted by Crippen LogP contribution is 2.35. The Hall–Kier alpha value is -4.86.